The average Bonchev–Trinajstić information content (AvgIpc) is 2.32. The molecule has 0 fully saturated rings. The average molecular weight is 331 g/mol. The Hall–Kier alpha value is -0.0900. The summed E-state index contributed by atoms with van der Waals surface area (Å²) in [6.07, 6.45) is 3.65. The first-order valence-electron chi connectivity index (χ1n) is 6.12. The van der Waals surface area contributed by atoms with E-state index in [-0.39, 0.29) is 0 Å². The first-order valence-corrected chi connectivity index (χ1v) is 7.20. The fourth-order valence-corrected chi connectivity index (χ4v) is 2.60. The quantitative estimate of drug-likeness (QED) is 0.781. The zero-order valence-electron chi connectivity index (χ0n) is 10.5. The molecule has 0 radical (unpaired) electrons. The monoisotopic (exact) mass is 331 g/mol. The summed E-state index contributed by atoms with van der Waals surface area (Å²) in [5.74, 6) is 0.782. The van der Waals surface area contributed by atoms with Gasteiger partial charge in [-0.15, -0.1) is 0 Å². The van der Waals surface area contributed by atoms with E-state index in [4.69, 9.17) is 0 Å². The maximum Gasteiger partial charge on any atom is 0.0132 e. The van der Waals surface area contributed by atoms with E-state index in [9.17, 15) is 0 Å². The van der Waals surface area contributed by atoms with E-state index < -0.39 is 0 Å². The summed E-state index contributed by atoms with van der Waals surface area (Å²) in [6, 6.07) is 9.48. The first kappa shape index (κ1) is 14.0. The lowest BCUT2D eigenvalue weighted by atomic mass is 9.89. The highest BCUT2D eigenvalue weighted by Gasteiger charge is 2.16. The van der Waals surface area contributed by atoms with Crippen molar-refractivity contribution in [1.29, 1.82) is 0 Å². The van der Waals surface area contributed by atoms with Crippen LogP contribution >= 0.6 is 22.6 Å². The molecule has 1 aromatic carbocycles. The van der Waals surface area contributed by atoms with Crippen LogP contribution in [0.15, 0.2) is 24.3 Å². The van der Waals surface area contributed by atoms with E-state index in [0.717, 1.165) is 12.3 Å². The zero-order chi connectivity index (χ0) is 12.0. The minimum absolute atomic E-state index is 0.607. The molecule has 0 amide bonds. The van der Waals surface area contributed by atoms with Gasteiger partial charge in [0, 0.05) is 9.61 Å². The zero-order valence-corrected chi connectivity index (χ0v) is 12.6. The largest absolute Gasteiger partial charge is 0.316 e. The van der Waals surface area contributed by atoms with Crippen molar-refractivity contribution in [2.75, 3.05) is 7.05 Å². The van der Waals surface area contributed by atoms with Gasteiger partial charge in [-0.25, -0.2) is 0 Å². The fraction of sp³-hybridized carbons (Fsp3) is 0.571. The predicted molar refractivity (Wildman–Crippen MR) is 79.8 cm³/mol. The number of nitrogens with one attached hydrogen (secondary N) is 1. The van der Waals surface area contributed by atoms with Gasteiger partial charge in [0.1, 0.15) is 0 Å². The number of hydrogen-bond acceptors (Lipinski definition) is 1. The number of rotatable bonds is 6. The number of benzene rings is 1. The molecule has 0 spiro atoms. The highest BCUT2D eigenvalue weighted by Crippen LogP contribution is 2.17. The third-order valence-corrected chi connectivity index (χ3v) is 4.08. The van der Waals surface area contributed by atoms with Crippen LogP contribution in [0.5, 0.6) is 0 Å². The molecule has 0 aliphatic heterocycles. The Morgan fingerprint density at radius 2 is 1.69 bits per heavy atom. The molecule has 16 heavy (non-hydrogen) atoms. The Morgan fingerprint density at radius 3 is 2.12 bits per heavy atom. The van der Waals surface area contributed by atoms with Crippen LogP contribution in [0.4, 0.5) is 0 Å². The van der Waals surface area contributed by atoms with Gasteiger partial charge < -0.3 is 5.32 Å². The van der Waals surface area contributed by atoms with Crippen molar-refractivity contribution in [3.8, 4) is 0 Å². The molecule has 90 valence electrons. The highest BCUT2D eigenvalue weighted by atomic mass is 127. The third kappa shape index (κ3) is 4.06. The number of hydrogen-bond donors (Lipinski definition) is 1. The van der Waals surface area contributed by atoms with E-state index in [1.807, 2.05) is 0 Å². The van der Waals surface area contributed by atoms with E-state index >= 15 is 0 Å². The molecular formula is C14H22IN. The topological polar surface area (TPSA) is 12.0 Å². The summed E-state index contributed by atoms with van der Waals surface area (Å²) in [6.45, 7) is 4.57. The molecule has 0 aliphatic rings. The van der Waals surface area contributed by atoms with Gasteiger partial charge in [-0.05, 0) is 59.7 Å². The van der Waals surface area contributed by atoms with Crippen molar-refractivity contribution in [3.05, 3.63) is 33.4 Å². The Kier molecular flexibility index (Phi) is 6.36. The maximum atomic E-state index is 3.47. The minimum atomic E-state index is 0.607. The van der Waals surface area contributed by atoms with Crippen LogP contribution in [0, 0.1) is 9.49 Å². The van der Waals surface area contributed by atoms with Crippen LogP contribution in [0.3, 0.4) is 0 Å². The van der Waals surface area contributed by atoms with Gasteiger partial charge in [0.25, 0.3) is 0 Å². The fourth-order valence-electron chi connectivity index (χ4n) is 2.24. The lowest BCUT2D eigenvalue weighted by molar-refractivity contribution is 0.349. The molecule has 0 aliphatic carbocycles. The normalized spacial score (nSPS) is 13.1. The molecule has 1 rings (SSSR count). The lowest BCUT2D eigenvalue weighted by Crippen LogP contribution is -2.35. The Labute approximate surface area is 113 Å². The van der Waals surface area contributed by atoms with E-state index in [1.54, 1.807) is 0 Å². The standard InChI is InChI=1S/C14H22IN/c1-4-12(5-2)14(16-3)10-11-6-8-13(15)9-7-11/h6-9,12,14,16H,4-5,10H2,1-3H3. The maximum absolute atomic E-state index is 3.47. The van der Waals surface area contributed by atoms with Crippen LogP contribution in [0.1, 0.15) is 32.3 Å². The third-order valence-electron chi connectivity index (χ3n) is 3.36. The van der Waals surface area contributed by atoms with Gasteiger partial charge in [-0.3, -0.25) is 0 Å². The lowest BCUT2D eigenvalue weighted by Gasteiger charge is -2.25. The van der Waals surface area contributed by atoms with Crippen molar-refractivity contribution < 1.29 is 0 Å². The van der Waals surface area contributed by atoms with Crippen molar-refractivity contribution in [3.63, 3.8) is 0 Å². The number of halogens is 1. The molecular weight excluding hydrogens is 309 g/mol. The van der Waals surface area contributed by atoms with Crippen molar-refractivity contribution in [2.45, 2.75) is 39.2 Å². The second kappa shape index (κ2) is 7.28. The van der Waals surface area contributed by atoms with Gasteiger partial charge in [0.2, 0.25) is 0 Å². The van der Waals surface area contributed by atoms with Crippen LogP contribution in [-0.2, 0) is 6.42 Å². The van der Waals surface area contributed by atoms with Crippen LogP contribution < -0.4 is 5.32 Å². The van der Waals surface area contributed by atoms with Gasteiger partial charge in [0.15, 0.2) is 0 Å². The van der Waals surface area contributed by atoms with Gasteiger partial charge >= 0.3 is 0 Å². The molecule has 1 nitrogen and oxygen atoms in total. The summed E-state index contributed by atoms with van der Waals surface area (Å²) in [5, 5.41) is 3.47. The summed E-state index contributed by atoms with van der Waals surface area (Å²) in [7, 11) is 2.08. The summed E-state index contributed by atoms with van der Waals surface area (Å²) in [5.41, 5.74) is 1.44. The molecule has 1 unspecified atom stereocenters. The van der Waals surface area contributed by atoms with Gasteiger partial charge in [0.05, 0.1) is 0 Å². The van der Waals surface area contributed by atoms with E-state index in [2.05, 4.69) is 73.1 Å². The second-order valence-electron chi connectivity index (χ2n) is 4.30. The van der Waals surface area contributed by atoms with Gasteiger partial charge in [-0.2, -0.15) is 0 Å². The summed E-state index contributed by atoms with van der Waals surface area (Å²) >= 11 is 2.35. The Balaban J connectivity index is 2.65. The minimum Gasteiger partial charge on any atom is -0.316 e. The molecule has 0 aromatic heterocycles. The summed E-state index contributed by atoms with van der Waals surface area (Å²) in [4.78, 5) is 0. The van der Waals surface area contributed by atoms with Crippen molar-refractivity contribution in [1.82, 2.24) is 5.32 Å². The van der Waals surface area contributed by atoms with Crippen LogP contribution in [0.2, 0.25) is 0 Å². The molecule has 2 heteroatoms. The van der Waals surface area contributed by atoms with E-state index in [1.165, 1.54) is 22.0 Å². The SMILES string of the molecule is CCC(CC)C(Cc1ccc(I)cc1)NC. The predicted octanol–water partition coefficient (Wildman–Crippen LogP) is 3.86. The molecule has 1 N–H and O–H groups in total. The van der Waals surface area contributed by atoms with Crippen LogP contribution in [0.25, 0.3) is 0 Å². The van der Waals surface area contributed by atoms with Crippen molar-refractivity contribution in [2.24, 2.45) is 5.92 Å². The molecule has 0 heterocycles. The van der Waals surface area contributed by atoms with Gasteiger partial charge in [-0.1, -0.05) is 38.8 Å². The molecule has 0 bridgehead atoms. The Morgan fingerprint density at radius 1 is 1.12 bits per heavy atom. The molecule has 1 atom stereocenters. The molecule has 1 aromatic rings. The van der Waals surface area contributed by atoms with Crippen LogP contribution in [-0.4, -0.2) is 13.1 Å². The first-order chi connectivity index (χ1) is 7.71. The summed E-state index contributed by atoms with van der Waals surface area (Å²) < 4.78 is 1.31. The highest BCUT2D eigenvalue weighted by molar-refractivity contribution is 14.1. The van der Waals surface area contributed by atoms with E-state index in [0.29, 0.717) is 6.04 Å². The molecule has 0 saturated heterocycles. The number of likely N-dealkylation sites (N-methyl/N-ethyl adjacent to an activating group) is 1. The second-order valence-corrected chi connectivity index (χ2v) is 5.55. The smallest absolute Gasteiger partial charge is 0.0132 e. The Bertz CT molecular complexity index is 290. The van der Waals surface area contributed by atoms with Crippen molar-refractivity contribution >= 4 is 22.6 Å². The molecule has 0 saturated carbocycles.